The monoisotopic (exact) mass is 481 g/mol. The number of aromatic nitrogens is 1. The van der Waals surface area contributed by atoms with Gasteiger partial charge < -0.3 is 14.3 Å². The Morgan fingerprint density at radius 3 is 2.70 bits per heavy atom. The number of sulfonamides is 1. The van der Waals surface area contributed by atoms with Crippen molar-refractivity contribution in [2.24, 2.45) is 5.14 Å². The summed E-state index contributed by atoms with van der Waals surface area (Å²) in [5, 5.41) is 26.1. The second-order valence-corrected chi connectivity index (χ2v) is 9.28. The molecular formula is C22H15N3O6S2. The van der Waals surface area contributed by atoms with E-state index in [0.717, 1.165) is 17.0 Å². The van der Waals surface area contributed by atoms with Gasteiger partial charge in [-0.25, -0.2) is 23.3 Å². The van der Waals surface area contributed by atoms with Crippen LogP contribution in [-0.2, 0) is 16.6 Å². The van der Waals surface area contributed by atoms with Gasteiger partial charge in [0.1, 0.15) is 18.2 Å². The third kappa shape index (κ3) is 4.63. The quantitative estimate of drug-likeness (QED) is 0.403. The average Bonchev–Trinajstić information content (AvgIpc) is 3.50. The van der Waals surface area contributed by atoms with E-state index in [1.807, 2.05) is 17.5 Å². The zero-order chi connectivity index (χ0) is 23.6. The van der Waals surface area contributed by atoms with Crippen molar-refractivity contribution >= 4 is 27.3 Å². The van der Waals surface area contributed by atoms with Gasteiger partial charge in [0.15, 0.2) is 0 Å². The molecule has 0 aliphatic heterocycles. The van der Waals surface area contributed by atoms with Crippen molar-refractivity contribution in [3.8, 4) is 33.6 Å². The largest absolute Gasteiger partial charge is 0.478 e. The molecule has 0 bridgehead atoms. The highest BCUT2D eigenvalue weighted by Crippen LogP contribution is 2.35. The number of carbonyl (C=O) groups is 1. The molecule has 3 N–H and O–H groups in total. The molecule has 0 atom stereocenters. The van der Waals surface area contributed by atoms with E-state index in [9.17, 15) is 23.6 Å². The summed E-state index contributed by atoms with van der Waals surface area (Å²) in [4.78, 5) is 16.2. The predicted octanol–water partition coefficient (Wildman–Crippen LogP) is 3.87. The highest BCUT2D eigenvalue weighted by Gasteiger charge is 2.21. The number of nitrogens with two attached hydrogens (primary N) is 1. The van der Waals surface area contributed by atoms with Gasteiger partial charge >= 0.3 is 5.97 Å². The van der Waals surface area contributed by atoms with Gasteiger partial charge in [0, 0.05) is 11.1 Å². The molecule has 0 aliphatic carbocycles. The molecule has 11 heteroatoms. The van der Waals surface area contributed by atoms with Crippen molar-refractivity contribution < 1.29 is 27.5 Å². The first kappa shape index (κ1) is 22.2. The van der Waals surface area contributed by atoms with Crippen LogP contribution in [0.15, 0.2) is 69.7 Å². The lowest BCUT2D eigenvalue weighted by Gasteiger charge is -2.13. The number of nitriles is 1. The molecule has 0 fully saturated rings. The molecule has 4 aromatic rings. The van der Waals surface area contributed by atoms with Crippen LogP contribution in [-0.4, -0.2) is 24.5 Å². The Balaban J connectivity index is 1.76. The number of rotatable bonds is 7. The van der Waals surface area contributed by atoms with Crippen molar-refractivity contribution in [3.05, 3.63) is 77.1 Å². The molecule has 0 spiro atoms. The molecule has 0 radical (unpaired) electrons. The molecule has 1 aromatic carbocycles. The predicted molar refractivity (Wildman–Crippen MR) is 119 cm³/mol. The second-order valence-electron chi connectivity index (χ2n) is 6.81. The fourth-order valence-corrected chi connectivity index (χ4v) is 4.61. The van der Waals surface area contributed by atoms with Crippen molar-refractivity contribution in [1.82, 2.24) is 4.98 Å². The van der Waals surface area contributed by atoms with Crippen molar-refractivity contribution in [2.75, 3.05) is 0 Å². The van der Waals surface area contributed by atoms with E-state index in [1.54, 1.807) is 12.1 Å². The molecule has 4 rings (SSSR count). The van der Waals surface area contributed by atoms with Crippen LogP contribution in [0.4, 0.5) is 0 Å². The molecule has 9 nitrogen and oxygen atoms in total. The number of hydrogen-bond acceptors (Lipinski definition) is 8. The Kier molecular flexibility index (Phi) is 5.97. The maximum Gasteiger partial charge on any atom is 0.337 e. The highest BCUT2D eigenvalue weighted by atomic mass is 32.2. The number of ether oxygens (including phenoxy) is 1. The highest BCUT2D eigenvalue weighted by molar-refractivity contribution is 7.89. The Morgan fingerprint density at radius 2 is 2.09 bits per heavy atom. The van der Waals surface area contributed by atoms with Crippen LogP contribution in [0.1, 0.15) is 21.5 Å². The number of benzene rings is 1. The lowest BCUT2D eigenvalue weighted by atomic mass is 10.0. The van der Waals surface area contributed by atoms with Crippen LogP contribution in [0.5, 0.6) is 5.88 Å². The van der Waals surface area contributed by atoms with Crippen LogP contribution >= 0.6 is 11.3 Å². The first-order chi connectivity index (χ1) is 15.8. The molecule has 3 heterocycles. The maximum atomic E-state index is 11.8. The Labute approximate surface area is 192 Å². The SMILES string of the molecule is N#Cc1c(-c2ccoc2)cc(-c2cccs2)nc1OCc1ccc(C(=O)O)c(S(N)(=O)=O)c1. The van der Waals surface area contributed by atoms with Crippen molar-refractivity contribution in [2.45, 2.75) is 11.5 Å². The minimum Gasteiger partial charge on any atom is -0.478 e. The van der Waals surface area contributed by atoms with Crippen LogP contribution < -0.4 is 9.88 Å². The average molecular weight is 482 g/mol. The van der Waals surface area contributed by atoms with Gasteiger partial charge in [0.2, 0.25) is 15.9 Å². The number of hydrogen-bond donors (Lipinski definition) is 2. The number of aromatic carboxylic acids is 1. The normalized spacial score (nSPS) is 11.2. The van der Waals surface area contributed by atoms with E-state index >= 15 is 0 Å². The summed E-state index contributed by atoms with van der Waals surface area (Å²) >= 11 is 1.47. The standard InChI is InChI=1S/C22H15N3O6S2/c23-10-17-16(14-5-6-30-12-14)9-18(19-2-1-7-32-19)25-21(17)31-11-13-3-4-15(22(26)27)20(8-13)33(24,28)29/h1-9,12H,11H2,(H,26,27)(H2,24,28,29). The lowest BCUT2D eigenvalue weighted by Crippen LogP contribution is -2.17. The minimum atomic E-state index is -4.28. The molecule has 33 heavy (non-hydrogen) atoms. The smallest absolute Gasteiger partial charge is 0.337 e. The fourth-order valence-electron chi connectivity index (χ4n) is 3.15. The molecule has 0 saturated carbocycles. The summed E-state index contributed by atoms with van der Waals surface area (Å²) in [6, 6.07) is 13.0. The van der Waals surface area contributed by atoms with Gasteiger partial charge in [-0.3, -0.25) is 0 Å². The zero-order valence-electron chi connectivity index (χ0n) is 16.8. The summed E-state index contributed by atoms with van der Waals surface area (Å²) in [7, 11) is -4.28. The van der Waals surface area contributed by atoms with E-state index in [2.05, 4.69) is 11.1 Å². The van der Waals surface area contributed by atoms with Crippen LogP contribution in [0, 0.1) is 11.3 Å². The summed E-state index contributed by atoms with van der Waals surface area (Å²) in [5.41, 5.74) is 1.87. The number of carboxylic acids is 1. The van der Waals surface area contributed by atoms with Gasteiger partial charge in [0.05, 0.1) is 33.6 Å². The molecule has 0 amide bonds. The van der Waals surface area contributed by atoms with E-state index < -0.39 is 26.5 Å². The summed E-state index contributed by atoms with van der Waals surface area (Å²) in [6.07, 6.45) is 2.99. The summed E-state index contributed by atoms with van der Waals surface area (Å²) < 4.78 is 34.7. The van der Waals surface area contributed by atoms with Gasteiger partial charge in [0.25, 0.3) is 0 Å². The number of pyridine rings is 1. The van der Waals surface area contributed by atoms with Crippen molar-refractivity contribution in [1.29, 1.82) is 5.26 Å². The molecular weight excluding hydrogens is 466 g/mol. The summed E-state index contributed by atoms with van der Waals surface area (Å²) in [6.45, 7) is -0.178. The number of furan rings is 1. The van der Waals surface area contributed by atoms with Gasteiger partial charge in [-0.1, -0.05) is 12.1 Å². The van der Waals surface area contributed by atoms with Crippen LogP contribution in [0.2, 0.25) is 0 Å². The van der Waals surface area contributed by atoms with E-state index in [0.29, 0.717) is 22.4 Å². The summed E-state index contributed by atoms with van der Waals surface area (Å²) in [5.74, 6) is -1.38. The molecule has 0 unspecified atom stereocenters. The second kappa shape index (κ2) is 8.87. The third-order valence-electron chi connectivity index (χ3n) is 4.66. The number of primary sulfonamides is 1. The molecule has 3 aromatic heterocycles. The number of carboxylic acid groups (broad SMARTS) is 1. The first-order valence-electron chi connectivity index (χ1n) is 9.31. The van der Waals surface area contributed by atoms with E-state index in [4.69, 9.17) is 14.3 Å². The maximum absolute atomic E-state index is 11.8. The minimum absolute atomic E-state index is 0.0408. The number of nitrogens with zero attached hydrogens (tertiary/aromatic N) is 2. The fraction of sp³-hybridized carbons (Fsp3) is 0.0455. The van der Waals surface area contributed by atoms with Crippen molar-refractivity contribution in [3.63, 3.8) is 0 Å². The first-order valence-corrected chi connectivity index (χ1v) is 11.7. The molecule has 166 valence electrons. The zero-order valence-corrected chi connectivity index (χ0v) is 18.4. The van der Waals surface area contributed by atoms with Gasteiger partial charge in [-0.05, 0) is 41.3 Å². The van der Waals surface area contributed by atoms with Crippen LogP contribution in [0.25, 0.3) is 21.7 Å². The third-order valence-corrected chi connectivity index (χ3v) is 6.51. The Hall–Kier alpha value is -3.98. The Morgan fingerprint density at radius 1 is 1.27 bits per heavy atom. The molecule has 0 aliphatic rings. The Bertz CT molecular complexity index is 1470. The van der Waals surface area contributed by atoms with Gasteiger partial charge in [-0.2, -0.15) is 5.26 Å². The van der Waals surface area contributed by atoms with E-state index in [-0.39, 0.29) is 18.1 Å². The lowest BCUT2D eigenvalue weighted by molar-refractivity contribution is 0.0692. The van der Waals surface area contributed by atoms with Crippen LogP contribution in [0.3, 0.4) is 0 Å². The number of thiophene rings is 1. The molecule has 0 saturated heterocycles. The van der Waals surface area contributed by atoms with Gasteiger partial charge in [-0.15, -0.1) is 11.3 Å². The van der Waals surface area contributed by atoms with E-state index in [1.165, 1.54) is 29.9 Å². The topological polar surface area (TPSA) is 157 Å².